The molecule has 0 aliphatic heterocycles. The van der Waals surface area contributed by atoms with Gasteiger partial charge in [-0.05, 0) is 0 Å². The molecule has 2 rings (SSSR count). The molecule has 0 aromatic heterocycles. The van der Waals surface area contributed by atoms with Crippen LogP contribution in [0.15, 0.2) is 60.7 Å². The summed E-state index contributed by atoms with van der Waals surface area (Å²) >= 11 is 0.261. The van der Waals surface area contributed by atoms with Gasteiger partial charge in [0.05, 0.1) is 0 Å². The third-order valence-electron chi connectivity index (χ3n) is 1.88. The van der Waals surface area contributed by atoms with E-state index in [1.54, 1.807) is 0 Å². The number of benzene rings is 2. The van der Waals surface area contributed by atoms with Crippen molar-refractivity contribution < 1.29 is 0 Å². The van der Waals surface area contributed by atoms with Crippen LogP contribution >= 0.6 is 0 Å². The second kappa shape index (κ2) is 5.41. The molecular weight excluding hydrogens is 247 g/mol. The van der Waals surface area contributed by atoms with Crippen LogP contribution in [0, 0.1) is 10.7 Å². The topological polar surface area (TPSA) is 0 Å². The van der Waals surface area contributed by atoms with Gasteiger partial charge in [0.25, 0.3) is 0 Å². The van der Waals surface area contributed by atoms with E-state index in [4.69, 9.17) is 0 Å². The maximum atomic E-state index is 3.23. The molecule has 0 unspecified atom stereocenters. The fourth-order valence-electron chi connectivity index (χ4n) is 1.15. The predicted molar refractivity (Wildman–Crippen MR) is 65.2 cm³/mol. The van der Waals surface area contributed by atoms with Gasteiger partial charge < -0.3 is 0 Å². The summed E-state index contributed by atoms with van der Waals surface area (Å²) in [5.74, 6) is 3.17. The Morgan fingerprint density at radius 3 is 2.00 bits per heavy atom. The summed E-state index contributed by atoms with van der Waals surface area (Å²) in [6.45, 7) is 0. The van der Waals surface area contributed by atoms with E-state index in [0.29, 0.717) is 0 Å². The van der Waals surface area contributed by atoms with Crippen LogP contribution in [-0.2, 0) is 0 Å². The Morgan fingerprint density at radius 2 is 1.33 bits per heavy atom. The van der Waals surface area contributed by atoms with Crippen LogP contribution in [0.25, 0.3) is 0 Å². The summed E-state index contributed by atoms with van der Waals surface area (Å²) in [5.41, 5.74) is 1.09. The second-order valence-corrected chi connectivity index (χ2v) is 4.85. The van der Waals surface area contributed by atoms with Gasteiger partial charge >= 0.3 is 96.4 Å². The zero-order valence-electron chi connectivity index (χ0n) is 8.18. The van der Waals surface area contributed by atoms with Gasteiger partial charge in [0.2, 0.25) is 0 Å². The second-order valence-electron chi connectivity index (χ2n) is 3.01. The molecule has 2 aromatic carbocycles. The third kappa shape index (κ3) is 3.29. The molecule has 0 saturated heterocycles. The molecule has 0 saturated carbocycles. The molecule has 2 aromatic rings. The fourth-order valence-corrected chi connectivity index (χ4v) is 2.37. The molecule has 0 aliphatic carbocycles. The van der Waals surface area contributed by atoms with E-state index in [-0.39, 0.29) is 15.0 Å². The van der Waals surface area contributed by atoms with Gasteiger partial charge in [-0.3, -0.25) is 0 Å². The molecule has 0 amide bonds. The Kier molecular flexibility index (Phi) is 3.63. The zero-order chi connectivity index (χ0) is 10.3. The zero-order valence-corrected chi connectivity index (χ0v) is 9.89. The molecule has 0 aliphatic rings. The van der Waals surface area contributed by atoms with Crippen LogP contribution in [0.5, 0.6) is 0 Å². The van der Waals surface area contributed by atoms with Gasteiger partial charge in [0.1, 0.15) is 0 Å². The molecule has 0 nitrogen and oxygen atoms in total. The van der Waals surface area contributed by atoms with Crippen LogP contribution in [0.3, 0.4) is 0 Å². The van der Waals surface area contributed by atoms with Gasteiger partial charge in [-0.1, -0.05) is 0 Å². The number of hydrogen-bond acceptors (Lipinski definition) is 0. The van der Waals surface area contributed by atoms with Crippen molar-refractivity contribution in [3.05, 3.63) is 66.2 Å². The van der Waals surface area contributed by atoms with Gasteiger partial charge in [-0.25, -0.2) is 0 Å². The predicted octanol–water partition coefficient (Wildman–Crippen LogP) is 2.03. The first kappa shape index (κ1) is 10.1. The summed E-state index contributed by atoms with van der Waals surface area (Å²) in [4.78, 5) is 3.23. The Bertz CT molecular complexity index is 463. The van der Waals surface area contributed by atoms with E-state index >= 15 is 0 Å². The Morgan fingerprint density at radius 1 is 0.733 bits per heavy atom. The van der Waals surface area contributed by atoms with Crippen molar-refractivity contribution in [3.63, 3.8) is 0 Å². The summed E-state index contributed by atoms with van der Waals surface area (Å²) in [6.07, 6.45) is 0. The maximum absolute atomic E-state index is 3.23. The number of rotatable bonds is 1. The van der Waals surface area contributed by atoms with Crippen LogP contribution in [0.2, 0.25) is 0 Å². The van der Waals surface area contributed by atoms with Crippen molar-refractivity contribution in [1.29, 1.82) is 0 Å². The molecular formula is C14H10Se. The van der Waals surface area contributed by atoms with Crippen molar-refractivity contribution >= 4 is 19.4 Å². The Hall–Kier alpha value is -1.48. The Balaban J connectivity index is 2.03. The monoisotopic (exact) mass is 258 g/mol. The number of hydrogen-bond donors (Lipinski definition) is 0. The minimum absolute atomic E-state index is 0.261. The summed E-state index contributed by atoms with van der Waals surface area (Å²) in [7, 11) is 0. The molecule has 0 fully saturated rings. The molecule has 0 N–H and O–H groups in total. The average molecular weight is 257 g/mol. The van der Waals surface area contributed by atoms with Gasteiger partial charge in [-0.15, -0.1) is 0 Å². The van der Waals surface area contributed by atoms with Crippen LogP contribution in [-0.4, -0.2) is 15.0 Å². The standard InChI is InChI=1S/C14H10Se/c1-3-7-13(8-4-1)11-12-15-14-9-5-2-6-10-14/h1-10H. The van der Waals surface area contributed by atoms with Crippen molar-refractivity contribution in [3.8, 4) is 10.7 Å². The summed E-state index contributed by atoms with van der Waals surface area (Å²) < 4.78 is 1.33. The van der Waals surface area contributed by atoms with Crippen molar-refractivity contribution in [1.82, 2.24) is 0 Å². The van der Waals surface area contributed by atoms with Crippen molar-refractivity contribution in [2.45, 2.75) is 0 Å². The van der Waals surface area contributed by atoms with Gasteiger partial charge in [-0.2, -0.15) is 0 Å². The van der Waals surface area contributed by atoms with E-state index in [2.05, 4.69) is 35.0 Å². The first-order chi connectivity index (χ1) is 7.45. The molecule has 0 radical (unpaired) electrons. The van der Waals surface area contributed by atoms with E-state index < -0.39 is 0 Å². The quantitative estimate of drug-likeness (QED) is 0.541. The van der Waals surface area contributed by atoms with Crippen LogP contribution in [0.1, 0.15) is 5.56 Å². The van der Waals surface area contributed by atoms with Crippen molar-refractivity contribution in [2.24, 2.45) is 0 Å². The molecule has 1 heteroatoms. The molecule has 0 atom stereocenters. The average Bonchev–Trinajstić information content (AvgIpc) is 2.32. The fraction of sp³-hybridized carbons (Fsp3) is 0. The normalized spacial score (nSPS) is 9.07. The minimum atomic E-state index is 0.261. The molecule has 0 spiro atoms. The third-order valence-corrected chi connectivity index (χ3v) is 3.38. The molecule has 0 bridgehead atoms. The van der Waals surface area contributed by atoms with Crippen LogP contribution in [0.4, 0.5) is 0 Å². The molecule has 72 valence electrons. The first-order valence-electron chi connectivity index (χ1n) is 4.73. The van der Waals surface area contributed by atoms with E-state index in [1.807, 2.05) is 36.4 Å². The summed E-state index contributed by atoms with van der Waals surface area (Å²) in [5, 5.41) is 0. The van der Waals surface area contributed by atoms with Crippen LogP contribution < -0.4 is 4.46 Å². The van der Waals surface area contributed by atoms with Gasteiger partial charge in [0.15, 0.2) is 0 Å². The van der Waals surface area contributed by atoms with Crippen molar-refractivity contribution in [2.75, 3.05) is 0 Å². The molecule has 0 heterocycles. The summed E-state index contributed by atoms with van der Waals surface area (Å²) in [6, 6.07) is 20.5. The van der Waals surface area contributed by atoms with E-state index in [0.717, 1.165) is 5.56 Å². The first-order valence-corrected chi connectivity index (χ1v) is 6.44. The van der Waals surface area contributed by atoms with E-state index in [1.165, 1.54) is 4.46 Å². The van der Waals surface area contributed by atoms with Gasteiger partial charge in [0, 0.05) is 0 Å². The SMILES string of the molecule is C(#Cc1ccccc1)[Se]c1ccccc1. The molecule has 15 heavy (non-hydrogen) atoms. The Labute approximate surface area is 96.5 Å². The van der Waals surface area contributed by atoms with E-state index in [9.17, 15) is 0 Å².